The van der Waals surface area contributed by atoms with E-state index < -0.39 is 17.2 Å². The molecule has 2 unspecified atom stereocenters. The van der Waals surface area contributed by atoms with Crippen LogP contribution in [0.1, 0.15) is 33.6 Å². The normalized spacial score (nSPS) is 37.5. The summed E-state index contributed by atoms with van der Waals surface area (Å²) in [7, 11) is 0. The average molecular weight is 260 g/mol. The van der Waals surface area contributed by atoms with E-state index in [-0.39, 0.29) is 5.78 Å². The van der Waals surface area contributed by atoms with Gasteiger partial charge in [-0.1, -0.05) is 18.6 Å². The summed E-state index contributed by atoms with van der Waals surface area (Å²) < 4.78 is 5.04. The summed E-state index contributed by atoms with van der Waals surface area (Å²) in [5.74, 6) is -2.24. The SMILES string of the molecule is CC1=CCC(=O)C2=CC3(O)OC(=O)C(C)=C3CC12C. The van der Waals surface area contributed by atoms with Crippen molar-refractivity contribution in [3.8, 4) is 0 Å². The van der Waals surface area contributed by atoms with Gasteiger partial charge in [-0.25, -0.2) is 4.79 Å². The van der Waals surface area contributed by atoms with Gasteiger partial charge in [-0.15, -0.1) is 0 Å². The van der Waals surface area contributed by atoms with Crippen molar-refractivity contribution in [2.75, 3.05) is 0 Å². The summed E-state index contributed by atoms with van der Waals surface area (Å²) in [6.45, 7) is 5.62. The maximum atomic E-state index is 12.1. The molecule has 0 spiro atoms. The minimum atomic E-state index is -1.72. The lowest BCUT2D eigenvalue weighted by molar-refractivity contribution is -0.169. The van der Waals surface area contributed by atoms with E-state index in [1.165, 1.54) is 6.08 Å². The van der Waals surface area contributed by atoms with Gasteiger partial charge in [-0.3, -0.25) is 4.79 Å². The number of aliphatic hydroxyl groups is 1. The second-order valence-corrected chi connectivity index (χ2v) is 5.77. The highest BCUT2D eigenvalue weighted by Gasteiger charge is 2.53. The van der Waals surface area contributed by atoms with Gasteiger partial charge < -0.3 is 9.84 Å². The van der Waals surface area contributed by atoms with Crippen LogP contribution < -0.4 is 0 Å². The maximum Gasteiger partial charge on any atom is 0.336 e. The third kappa shape index (κ3) is 1.43. The Morgan fingerprint density at radius 1 is 1.32 bits per heavy atom. The molecule has 3 rings (SSSR count). The zero-order chi connectivity index (χ0) is 14.0. The molecule has 19 heavy (non-hydrogen) atoms. The van der Waals surface area contributed by atoms with Crippen molar-refractivity contribution in [1.82, 2.24) is 0 Å². The molecule has 2 aliphatic carbocycles. The van der Waals surface area contributed by atoms with Gasteiger partial charge >= 0.3 is 5.97 Å². The predicted octanol–water partition coefficient (Wildman–Crippen LogP) is 1.80. The van der Waals surface area contributed by atoms with Crippen molar-refractivity contribution >= 4 is 11.8 Å². The monoisotopic (exact) mass is 260 g/mol. The molecule has 0 aromatic heterocycles. The fraction of sp³-hybridized carbons (Fsp3) is 0.467. The summed E-state index contributed by atoms with van der Waals surface area (Å²) in [5, 5.41) is 10.5. The minimum Gasteiger partial charge on any atom is -0.422 e. The number of hydrogen-bond acceptors (Lipinski definition) is 4. The van der Waals surface area contributed by atoms with Crippen LogP contribution in [0.5, 0.6) is 0 Å². The number of allylic oxidation sites excluding steroid dienone is 3. The Bertz CT molecular complexity index is 608. The van der Waals surface area contributed by atoms with Gasteiger partial charge in [0.15, 0.2) is 5.78 Å². The Labute approximate surface area is 111 Å². The van der Waals surface area contributed by atoms with Gasteiger partial charge in [-0.2, -0.15) is 0 Å². The molecule has 0 bridgehead atoms. The Morgan fingerprint density at radius 2 is 2.00 bits per heavy atom. The lowest BCUT2D eigenvalue weighted by Gasteiger charge is -2.42. The minimum absolute atomic E-state index is 0.0128. The largest absolute Gasteiger partial charge is 0.422 e. The van der Waals surface area contributed by atoms with Crippen molar-refractivity contribution in [3.63, 3.8) is 0 Å². The molecular formula is C15H16O4. The van der Waals surface area contributed by atoms with E-state index in [9.17, 15) is 14.7 Å². The standard InChI is InChI=1S/C15H16O4/c1-8-4-5-12(16)11-7-15(18)10(6-14(8,11)3)9(2)13(17)19-15/h4,7,18H,5-6H2,1-3H3. The van der Waals surface area contributed by atoms with Gasteiger partial charge in [0.05, 0.1) is 0 Å². The topological polar surface area (TPSA) is 63.6 Å². The smallest absolute Gasteiger partial charge is 0.336 e. The third-order valence-electron chi connectivity index (χ3n) is 4.67. The molecule has 3 aliphatic rings. The summed E-state index contributed by atoms with van der Waals surface area (Å²) in [4.78, 5) is 23.7. The van der Waals surface area contributed by atoms with Crippen LogP contribution in [0.2, 0.25) is 0 Å². The number of fused-ring (bicyclic) bond motifs is 2. The summed E-state index contributed by atoms with van der Waals surface area (Å²) in [6, 6.07) is 0. The van der Waals surface area contributed by atoms with Crippen LogP contribution in [0.3, 0.4) is 0 Å². The van der Waals surface area contributed by atoms with Crippen molar-refractivity contribution in [3.05, 3.63) is 34.4 Å². The number of carbonyl (C=O) groups is 2. The molecule has 1 N–H and O–H groups in total. The van der Waals surface area contributed by atoms with Crippen LogP contribution >= 0.6 is 0 Å². The first-order chi connectivity index (χ1) is 8.78. The second-order valence-electron chi connectivity index (χ2n) is 5.77. The Balaban J connectivity index is 2.24. The molecule has 0 saturated carbocycles. The molecule has 4 heteroatoms. The van der Waals surface area contributed by atoms with E-state index in [2.05, 4.69) is 0 Å². The summed E-state index contributed by atoms with van der Waals surface area (Å²) in [5.41, 5.74) is 2.24. The van der Waals surface area contributed by atoms with E-state index >= 15 is 0 Å². The van der Waals surface area contributed by atoms with Crippen LogP contribution in [0.15, 0.2) is 34.4 Å². The molecule has 0 aromatic rings. The number of Topliss-reactive ketones (excluding diaryl/α,β-unsaturated/α-hetero) is 1. The first-order valence-corrected chi connectivity index (χ1v) is 6.38. The van der Waals surface area contributed by atoms with Crippen molar-refractivity contribution in [2.24, 2.45) is 5.41 Å². The summed E-state index contributed by atoms with van der Waals surface area (Å²) in [6.07, 6.45) is 4.15. The fourth-order valence-corrected chi connectivity index (χ4v) is 3.17. The van der Waals surface area contributed by atoms with Gasteiger partial charge in [0.2, 0.25) is 0 Å². The van der Waals surface area contributed by atoms with E-state index in [1.54, 1.807) is 6.92 Å². The molecule has 1 heterocycles. The zero-order valence-electron chi connectivity index (χ0n) is 11.2. The highest BCUT2D eigenvalue weighted by atomic mass is 16.7. The number of ketones is 1. The number of ether oxygens (including phenoxy) is 1. The molecule has 0 amide bonds. The van der Waals surface area contributed by atoms with Gasteiger partial charge in [0.25, 0.3) is 5.79 Å². The van der Waals surface area contributed by atoms with Gasteiger partial charge in [0.1, 0.15) is 0 Å². The summed E-state index contributed by atoms with van der Waals surface area (Å²) >= 11 is 0. The number of hydrogen-bond donors (Lipinski definition) is 1. The second kappa shape index (κ2) is 3.45. The Morgan fingerprint density at radius 3 is 2.68 bits per heavy atom. The van der Waals surface area contributed by atoms with Gasteiger partial charge in [-0.05, 0) is 26.3 Å². The number of rotatable bonds is 0. The molecule has 4 nitrogen and oxygen atoms in total. The lowest BCUT2D eigenvalue weighted by Crippen LogP contribution is -2.42. The number of carbonyl (C=O) groups excluding carboxylic acids is 2. The van der Waals surface area contributed by atoms with Gasteiger partial charge in [0, 0.05) is 28.6 Å². The molecular weight excluding hydrogens is 244 g/mol. The highest BCUT2D eigenvalue weighted by Crippen LogP contribution is 2.53. The quantitative estimate of drug-likeness (QED) is 0.533. The number of esters is 1. The highest BCUT2D eigenvalue weighted by molar-refractivity contribution is 6.01. The Kier molecular flexibility index (Phi) is 2.24. The molecule has 2 atom stereocenters. The van der Waals surface area contributed by atoms with E-state index in [1.807, 2.05) is 19.9 Å². The predicted molar refractivity (Wildman–Crippen MR) is 67.9 cm³/mol. The molecule has 0 fully saturated rings. The first-order valence-electron chi connectivity index (χ1n) is 6.38. The van der Waals surface area contributed by atoms with Crippen LogP contribution in [0.4, 0.5) is 0 Å². The Hall–Kier alpha value is -1.68. The van der Waals surface area contributed by atoms with Crippen LogP contribution in [0, 0.1) is 5.41 Å². The molecule has 0 aromatic carbocycles. The van der Waals surface area contributed by atoms with E-state index in [0.717, 1.165) is 5.57 Å². The molecule has 100 valence electrons. The van der Waals surface area contributed by atoms with Crippen molar-refractivity contribution in [1.29, 1.82) is 0 Å². The van der Waals surface area contributed by atoms with E-state index in [0.29, 0.717) is 29.6 Å². The first kappa shape index (κ1) is 12.4. The molecule has 0 radical (unpaired) electrons. The molecule has 1 aliphatic heterocycles. The average Bonchev–Trinajstić information content (AvgIpc) is 2.55. The maximum absolute atomic E-state index is 12.1. The van der Waals surface area contributed by atoms with Crippen LogP contribution in [0.25, 0.3) is 0 Å². The van der Waals surface area contributed by atoms with Crippen molar-refractivity contribution in [2.45, 2.75) is 39.4 Å². The van der Waals surface area contributed by atoms with E-state index in [4.69, 9.17) is 4.74 Å². The molecule has 0 saturated heterocycles. The van der Waals surface area contributed by atoms with Crippen molar-refractivity contribution < 1.29 is 19.4 Å². The third-order valence-corrected chi connectivity index (χ3v) is 4.67. The zero-order valence-corrected chi connectivity index (χ0v) is 11.2. The lowest BCUT2D eigenvalue weighted by atomic mass is 9.62. The van der Waals surface area contributed by atoms with Crippen LogP contribution in [-0.2, 0) is 14.3 Å². The fourth-order valence-electron chi connectivity index (χ4n) is 3.17. The van der Waals surface area contributed by atoms with Crippen LogP contribution in [-0.4, -0.2) is 22.6 Å².